The zero-order chi connectivity index (χ0) is 19.5. The molecular weight excluding hydrogens is 379 g/mol. The first-order chi connectivity index (χ1) is 13.6. The maximum absolute atomic E-state index is 13.1. The van der Waals surface area contributed by atoms with Crippen LogP contribution in [0.1, 0.15) is 17.0 Å². The van der Waals surface area contributed by atoms with Crippen molar-refractivity contribution in [3.63, 3.8) is 0 Å². The molecule has 3 aromatic rings. The van der Waals surface area contributed by atoms with Crippen molar-refractivity contribution in [2.24, 2.45) is 5.92 Å². The van der Waals surface area contributed by atoms with Gasteiger partial charge in [-0.25, -0.2) is 4.39 Å². The van der Waals surface area contributed by atoms with Crippen LogP contribution in [0.3, 0.4) is 0 Å². The summed E-state index contributed by atoms with van der Waals surface area (Å²) in [5.41, 5.74) is 1.70. The molecule has 0 radical (unpaired) electrons. The van der Waals surface area contributed by atoms with Crippen LogP contribution in [0.5, 0.6) is 0 Å². The molecule has 4 rings (SSSR count). The highest BCUT2D eigenvalue weighted by Gasteiger charge is 2.35. The number of rotatable bonds is 5. The lowest BCUT2D eigenvalue weighted by molar-refractivity contribution is -0.122. The van der Waals surface area contributed by atoms with Gasteiger partial charge in [0, 0.05) is 25.1 Å². The number of hydrogen-bond acceptors (Lipinski definition) is 5. The van der Waals surface area contributed by atoms with Crippen LogP contribution >= 0.6 is 11.3 Å². The summed E-state index contributed by atoms with van der Waals surface area (Å²) in [7, 11) is 0. The van der Waals surface area contributed by atoms with E-state index in [0.717, 1.165) is 10.6 Å². The molecule has 2 heterocycles. The first kappa shape index (κ1) is 18.2. The predicted octanol–water partition coefficient (Wildman–Crippen LogP) is 3.26. The molecule has 142 valence electrons. The predicted molar refractivity (Wildman–Crippen MR) is 105 cm³/mol. The Labute approximate surface area is 165 Å². The summed E-state index contributed by atoms with van der Waals surface area (Å²) in [4.78, 5) is 26.3. The maximum atomic E-state index is 13.1. The number of amides is 2. The zero-order valence-corrected chi connectivity index (χ0v) is 15.7. The average molecular weight is 396 g/mol. The molecule has 2 amide bonds. The van der Waals surface area contributed by atoms with Gasteiger partial charge in [0.25, 0.3) is 0 Å². The first-order valence-electron chi connectivity index (χ1n) is 8.81. The molecule has 0 spiro atoms. The Kier molecular flexibility index (Phi) is 5.12. The summed E-state index contributed by atoms with van der Waals surface area (Å²) in [6.45, 7) is 0.256. The van der Waals surface area contributed by atoms with Crippen molar-refractivity contribution in [3.05, 3.63) is 71.0 Å². The fourth-order valence-corrected chi connectivity index (χ4v) is 3.88. The van der Waals surface area contributed by atoms with E-state index in [9.17, 15) is 14.0 Å². The molecule has 28 heavy (non-hydrogen) atoms. The molecule has 0 saturated carbocycles. The maximum Gasteiger partial charge on any atom is 0.231 e. The first-order valence-corrected chi connectivity index (χ1v) is 9.63. The van der Waals surface area contributed by atoms with E-state index in [1.165, 1.54) is 40.5 Å². The Morgan fingerprint density at radius 3 is 2.64 bits per heavy atom. The molecular formula is C20H17FN4O2S. The van der Waals surface area contributed by atoms with Crippen molar-refractivity contribution < 1.29 is 14.0 Å². The van der Waals surface area contributed by atoms with Crippen molar-refractivity contribution in [1.82, 2.24) is 10.2 Å². The molecule has 2 aromatic carbocycles. The Morgan fingerprint density at radius 1 is 1.14 bits per heavy atom. The minimum Gasteiger partial charge on any atom is -0.312 e. The SMILES string of the molecule is O=C(Nc1nnc(Cc2ccccc2)s1)C1CC(=O)N(c2ccc(F)cc2)C1. The molecule has 1 N–H and O–H groups in total. The third-order valence-corrected chi connectivity index (χ3v) is 5.37. The van der Waals surface area contributed by atoms with Gasteiger partial charge in [-0.05, 0) is 29.8 Å². The van der Waals surface area contributed by atoms with Gasteiger partial charge >= 0.3 is 0 Å². The average Bonchev–Trinajstić information content (AvgIpc) is 3.30. The minimum atomic E-state index is -0.487. The summed E-state index contributed by atoms with van der Waals surface area (Å²) in [6.07, 6.45) is 0.757. The van der Waals surface area contributed by atoms with Gasteiger partial charge < -0.3 is 10.2 Å². The molecule has 1 unspecified atom stereocenters. The summed E-state index contributed by atoms with van der Waals surface area (Å²) in [5, 5.41) is 12.1. The highest BCUT2D eigenvalue weighted by molar-refractivity contribution is 7.15. The fraction of sp³-hybridized carbons (Fsp3) is 0.200. The van der Waals surface area contributed by atoms with E-state index in [1.807, 2.05) is 30.3 Å². The molecule has 0 aliphatic carbocycles. The second-order valence-corrected chi connectivity index (χ2v) is 7.60. The number of carbonyl (C=O) groups is 2. The number of halogens is 1. The standard InChI is InChI=1S/C20H17FN4O2S/c21-15-6-8-16(9-7-15)25-12-14(11-18(25)26)19(27)22-20-24-23-17(28-20)10-13-4-2-1-3-5-13/h1-9,14H,10-12H2,(H,22,24,27). The lowest BCUT2D eigenvalue weighted by atomic mass is 10.1. The van der Waals surface area contributed by atoms with Crippen molar-refractivity contribution in [3.8, 4) is 0 Å². The van der Waals surface area contributed by atoms with Gasteiger partial charge in [0.2, 0.25) is 16.9 Å². The molecule has 1 fully saturated rings. The molecule has 6 nitrogen and oxygen atoms in total. The van der Waals surface area contributed by atoms with Crippen LogP contribution in [-0.2, 0) is 16.0 Å². The van der Waals surface area contributed by atoms with E-state index in [2.05, 4.69) is 15.5 Å². The normalized spacial score (nSPS) is 16.4. The second-order valence-electron chi connectivity index (χ2n) is 6.53. The monoisotopic (exact) mass is 396 g/mol. The van der Waals surface area contributed by atoms with E-state index in [4.69, 9.17) is 0 Å². The van der Waals surface area contributed by atoms with E-state index in [-0.39, 0.29) is 30.6 Å². The number of hydrogen-bond donors (Lipinski definition) is 1. The zero-order valence-electron chi connectivity index (χ0n) is 14.8. The topological polar surface area (TPSA) is 75.2 Å². The lowest BCUT2D eigenvalue weighted by Crippen LogP contribution is -2.28. The summed E-state index contributed by atoms with van der Waals surface area (Å²) < 4.78 is 13.1. The largest absolute Gasteiger partial charge is 0.312 e. The third kappa shape index (κ3) is 4.07. The van der Waals surface area contributed by atoms with Crippen molar-refractivity contribution in [2.75, 3.05) is 16.8 Å². The van der Waals surface area contributed by atoms with Gasteiger partial charge in [-0.3, -0.25) is 9.59 Å². The van der Waals surface area contributed by atoms with Crippen molar-refractivity contribution in [1.29, 1.82) is 0 Å². The number of aromatic nitrogens is 2. The quantitative estimate of drug-likeness (QED) is 0.718. The van der Waals surface area contributed by atoms with E-state index < -0.39 is 5.92 Å². The van der Waals surface area contributed by atoms with Gasteiger partial charge in [-0.1, -0.05) is 41.7 Å². The van der Waals surface area contributed by atoms with Gasteiger partial charge in [-0.2, -0.15) is 0 Å². The fourth-order valence-electron chi connectivity index (χ4n) is 3.11. The summed E-state index contributed by atoms with van der Waals surface area (Å²) >= 11 is 1.32. The number of nitrogens with zero attached hydrogens (tertiary/aromatic N) is 3. The van der Waals surface area contributed by atoms with Crippen LogP contribution < -0.4 is 10.2 Å². The highest BCUT2D eigenvalue weighted by atomic mass is 32.1. The van der Waals surface area contributed by atoms with Crippen molar-refractivity contribution >= 4 is 34.0 Å². The van der Waals surface area contributed by atoms with Crippen LogP contribution in [0.25, 0.3) is 0 Å². The smallest absolute Gasteiger partial charge is 0.231 e. The molecule has 1 aliphatic heterocycles. The summed E-state index contributed by atoms with van der Waals surface area (Å²) in [5.74, 6) is -1.28. The second kappa shape index (κ2) is 7.85. The molecule has 0 bridgehead atoms. The van der Waals surface area contributed by atoms with Gasteiger partial charge in [-0.15, -0.1) is 10.2 Å². The van der Waals surface area contributed by atoms with Crippen LogP contribution in [0.4, 0.5) is 15.2 Å². The van der Waals surface area contributed by atoms with Crippen LogP contribution in [-0.4, -0.2) is 28.6 Å². The van der Waals surface area contributed by atoms with Crippen LogP contribution in [0, 0.1) is 11.7 Å². The number of anilines is 2. The molecule has 8 heteroatoms. The summed E-state index contributed by atoms with van der Waals surface area (Å²) in [6, 6.07) is 15.6. The van der Waals surface area contributed by atoms with Gasteiger partial charge in [0.1, 0.15) is 10.8 Å². The molecule has 1 atom stereocenters. The highest BCUT2D eigenvalue weighted by Crippen LogP contribution is 2.27. The minimum absolute atomic E-state index is 0.110. The number of carbonyl (C=O) groups excluding carboxylic acids is 2. The van der Waals surface area contributed by atoms with E-state index >= 15 is 0 Å². The third-order valence-electron chi connectivity index (χ3n) is 4.53. The lowest BCUT2D eigenvalue weighted by Gasteiger charge is -2.16. The molecule has 1 aromatic heterocycles. The molecule has 1 aliphatic rings. The van der Waals surface area contributed by atoms with Crippen molar-refractivity contribution in [2.45, 2.75) is 12.8 Å². The Hall–Kier alpha value is -3.13. The van der Waals surface area contributed by atoms with E-state index in [0.29, 0.717) is 17.2 Å². The van der Waals surface area contributed by atoms with Gasteiger partial charge in [0.15, 0.2) is 0 Å². The Balaban J connectivity index is 1.38. The van der Waals surface area contributed by atoms with Crippen LogP contribution in [0.2, 0.25) is 0 Å². The number of nitrogens with one attached hydrogen (secondary N) is 1. The van der Waals surface area contributed by atoms with E-state index in [1.54, 1.807) is 0 Å². The number of benzene rings is 2. The van der Waals surface area contributed by atoms with Gasteiger partial charge in [0.05, 0.1) is 5.92 Å². The van der Waals surface area contributed by atoms with Crippen LogP contribution in [0.15, 0.2) is 54.6 Å². The Bertz CT molecular complexity index is 991. The Morgan fingerprint density at radius 2 is 1.89 bits per heavy atom. The molecule has 1 saturated heterocycles.